The number of hydrogen-bond donors (Lipinski definition) is 0. The summed E-state index contributed by atoms with van der Waals surface area (Å²) in [5.74, 6) is 1.98. The van der Waals surface area contributed by atoms with Crippen molar-refractivity contribution < 1.29 is 0 Å². The van der Waals surface area contributed by atoms with Crippen molar-refractivity contribution in [2.75, 3.05) is 0 Å². The highest BCUT2D eigenvalue weighted by atomic mass is 32.1. The molecule has 4 nitrogen and oxygen atoms in total. The molecule has 0 aliphatic rings. The lowest BCUT2D eigenvalue weighted by molar-refractivity contribution is 1.08. The third-order valence-corrected chi connectivity index (χ3v) is 13.2. The molecule has 256 valence electrons. The highest BCUT2D eigenvalue weighted by Crippen LogP contribution is 2.47. The first-order valence-corrected chi connectivity index (χ1v) is 20.0. The van der Waals surface area contributed by atoms with E-state index in [9.17, 15) is 0 Å². The van der Waals surface area contributed by atoms with Crippen LogP contribution in [0.25, 0.3) is 113 Å². The predicted molar refractivity (Wildman–Crippen MR) is 234 cm³/mol. The van der Waals surface area contributed by atoms with Crippen molar-refractivity contribution in [1.29, 1.82) is 0 Å². The molecule has 4 heterocycles. The second-order valence-corrected chi connectivity index (χ2v) is 16.1. The molecular weight excluding hydrogens is 709 g/mol. The fourth-order valence-electron chi connectivity index (χ4n) is 8.47. The fraction of sp³-hybridized carbons (Fsp3) is 0. The van der Waals surface area contributed by atoms with Gasteiger partial charge in [-0.15, -0.1) is 22.7 Å². The van der Waals surface area contributed by atoms with E-state index in [-0.39, 0.29) is 0 Å². The zero-order valence-corrected chi connectivity index (χ0v) is 30.9. The highest BCUT2D eigenvalue weighted by molar-refractivity contribution is 7.26. The van der Waals surface area contributed by atoms with Gasteiger partial charge in [0.1, 0.15) is 0 Å². The van der Waals surface area contributed by atoms with Gasteiger partial charge in [0.25, 0.3) is 0 Å². The summed E-state index contributed by atoms with van der Waals surface area (Å²) in [5.41, 5.74) is 6.53. The molecule has 12 rings (SSSR count). The van der Waals surface area contributed by atoms with Crippen molar-refractivity contribution in [2.45, 2.75) is 0 Å². The number of hydrogen-bond acceptors (Lipinski definition) is 5. The first-order valence-electron chi connectivity index (χ1n) is 18.4. The summed E-state index contributed by atoms with van der Waals surface area (Å²) in [7, 11) is 0. The first kappa shape index (κ1) is 30.7. The molecule has 0 atom stereocenters. The van der Waals surface area contributed by atoms with Crippen molar-refractivity contribution in [3.05, 3.63) is 170 Å². The van der Waals surface area contributed by atoms with Gasteiger partial charge in [0.2, 0.25) is 0 Å². The first-order chi connectivity index (χ1) is 27.3. The Kier molecular flexibility index (Phi) is 6.64. The maximum Gasteiger partial charge on any atom is 0.164 e. The molecule has 8 aromatic carbocycles. The Morgan fingerprint density at radius 3 is 1.75 bits per heavy atom. The summed E-state index contributed by atoms with van der Waals surface area (Å²) in [6.07, 6.45) is 0. The van der Waals surface area contributed by atoms with Gasteiger partial charge < -0.3 is 4.57 Å². The van der Waals surface area contributed by atoms with E-state index in [1.165, 1.54) is 73.2 Å². The zero-order chi connectivity index (χ0) is 36.0. The van der Waals surface area contributed by atoms with Crippen LogP contribution in [0, 0.1) is 0 Å². The molecule has 0 unspecified atom stereocenters. The number of nitrogens with zero attached hydrogens (tertiary/aromatic N) is 4. The Balaban J connectivity index is 1.15. The molecule has 0 spiro atoms. The van der Waals surface area contributed by atoms with E-state index in [1.807, 2.05) is 59.1 Å². The number of thiophene rings is 2. The second kappa shape index (κ2) is 11.9. The lowest BCUT2D eigenvalue weighted by Crippen LogP contribution is -2.00. The molecule has 12 aromatic rings. The third kappa shape index (κ3) is 4.59. The normalized spacial score (nSPS) is 12.0. The van der Waals surface area contributed by atoms with Crippen LogP contribution in [0.15, 0.2) is 170 Å². The van der Waals surface area contributed by atoms with Crippen LogP contribution in [0.4, 0.5) is 0 Å². The van der Waals surface area contributed by atoms with Crippen molar-refractivity contribution in [3.63, 3.8) is 0 Å². The Labute approximate surface area is 323 Å². The summed E-state index contributed by atoms with van der Waals surface area (Å²) in [5, 5.41) is 10.1. The van der Waals surface area contributed by atoms with E-state index in [0.29, 0.717) is 17.5 Å². The number of rotatable bonds is 4. The summed E-state index contributed by atoms with van der Waals surface area (Å²) in [6, 6.07) is 60.5. The lowest BCUT2D eigenvalue weighted by atomic mass is 9.98. The molecule has 0 radical (unpaired) electrons. The summed E-state index contributed by atoms with van der Waals surface area (Å²) >= 11 is 3.72. The summed E-state index contributed by atoms with van der Waals surface area (Å²) < 4.78 is 7.58. The minimum atomic E-state index is 0.658. The quantitative estimate of drug-likeness (QED) is 0.181. The Hall–Kier alpha value is -6.73. The molecule has 55 heavy (non-hydrogen) atoms. The van der Waals surface area contributed by atoms with E-state index in [0.717, 1.165) is 22.1 Å². The average molecular weight is 737 g/mol. The number of benzene rings is 8. The maximum absolute atomic E-state index is 5.16. The second-order valence-electron chi connectivity index (χ2n) is 13.9. The van der Waals surface area contributed by atoms with E-state index in [4.69, 9.17) is 15.0 Å². The van der Waals surface area contributed by atoms with Crippen molar-refractivity contribution in [3.8, 4) is 39.9 Å². The minimum Gasteiger partial charge on any atom is -0.308 e. The van der Waals surface area contributed by atoms with E-state index in [1.54, 1.807) is 0 Å². The smallest absolute Gasteiger partial charge is 0.164 e. The highest BCUT2D eigenvalue weighted by Gasteiger charge is 2.22. The molecule has 0 aliphatic heterocycles. The van der Waals surface area contributed by atoms with E-state index >= 15 is 0 Å². The number of para-hydroxylation sites is 1. The topological polar surface area (TPSA) is 43.6 Å². The van der Waals surface area contributed by atoms with Gasteiger partial charge in [0.05, 0.1) is 21.4 Å². The predicted octanol–water partition coefficient (Wildman–Crippen LogP) is 13.9. The third-order valence-electron chi connectivity index (χ3n) is 10.8. The molecule has 0 aliphatic carbocycles. The number of aromatic nitrogens is 4. The Bertz CT molecular complexity index is 3430. The van der Waals surface area contributed by atoms with Gasteiger partial charge in [-0.05, 0) is 47.2 Å². The van der Waals surface area contributed by atoms with E-state index in [2.05, 4.69) is 138 Å². The molecule has 0 N–H and O–H groups in total. The van der Waals surface area contributed by atoms with Crippen LogP contribution in [-0.4, -0.2) is 19.5 Å². The van der Waals surface area contributed by atoms with Crippen molar-refractivity contribution in [1.82, 2.24) is 19.5 Å². The Morgan fingerprint density at radius 1 is 0.364 bits per heavy atom. The monoisotopic (exact) mass is 736 g/mol. The van der Waals surface area contributed by atoms with Gasteiger partial charge >= 0.3 is 0 Å². The summed E-state index contributed by atoms with van der Waals surface area (Å²) in [6.45, 7) is 0. The SMILES string of the molecule is c1ccc(-c2nc(-c3ccccc3)nc(-c3cc4sc5c(-n6c7ccccc7c7c8c(ccc76)sc6ccccc68)cccc5c4c4ccccc34)n2)cc1. The van der Waals surface area contributed by atoms with Crippen LogP contribution < -0.4 is 0 Å². The van der Waals surface area contributed by atoms with Gasteiger partial charge in [-0.3, -0.25) is 0 Å². The molecule has 6 heteroatoms. The van der Waals surface area contributed by atoms with Gasteiger partial charge in [-0.25, -0.2) is 15.0 Å². The lowest BCUT2D eigenvalue weighted by Gasteiger charge is -2.11. The molecule has 0 saturated carbocycles. The average Bonchev–Trinajstić information content (AvgIpc) is 3.93. The summed E-state index contributed by atoms with van der Waals surface area (Å²) in [4.78, 5) is 15.3. The molecule has 4 aromatic heterocycles. The molecule has 0 fully saturated rings. The van der Waals surface area contributed by atoms with Gasteiger partial charge in [0, 0.05) is 63.1 Å². The van der Waals surface area contributed by atoms with Gasteiger partial charge in [0.15, 0.2) is 17.5 Å². The number of fused-ring (bicyclic) bond motifs is 12. The van der Waals surface area contributed by atoms with Crippen LogP contribution in [0.2, 0.25) is 0 Å². The van der Waals surface area contributed by atoms with E-state index < -0.39 is 0 Å². The van der Waals surface area contributed by atoms with Crippen LogP contribution in [0.3, 0.4) is 0 Å². The zero-order valence-electron chi connectivity index (χ0n) is 29.3. The largest absolute Gasteiger partial charge is 0.308 e. The Morgan fingerprint density at radius 2 is 0.982 bits per heavy atom. The van der Waals surface area contributed by atoms with Gasteiger partial charge in [-0.2, -0.15) is 0 Å². The van der Waals surface area contributed by atoms with Crippen LogP contribution in [-0.2, 0) is 0 Å². The van der Waals surface area contributed by atoms with Crippen molar-refractivity contribution >= 4 is 95.6 Å². The molecule has 0 saturated heterocycles. The molecule has 0 amide bonds. The van der Waals surface area contributed by atoms with Crippen LogP contribution >= 0.6 is 22.7 Å². The van der Waals surface area contributed by atoms with Crippen molar-refractivity contribution in [2.24, 2.45) is 0 Å². The molecule has 0 bridgehead atoms. The molecular formula is C49H28N4S2. The standard InChI is InChI=1S/C49H28N4S2/c1-3-14-29(15-4-1)47-50-48(30-16-5-2-6-17-30)52-49(51-47)36-28-42-43(32-19-8-7-18-31(32)36)35-22-13-24-39(46(35)55-42)53-37-23-11-9-20-33(37)44-38(53)26-27-41-45(44)34-21-10-12-25-40(34)54-41/h1-28H. The van der Waals surface area contributed by atoms with Gasteiger partial charge in [-0.1, -0.05) is 133 Å². The maximum atomic E-state index is 5.16. The van der Waals surface area contributed by atoms with Crippen LogP contribution in [0.1, 0.15) is 0 Å². The minimum absolute atomic E-state index is 0.658. The van der Waals surface area contributed by atoms with Crippen LogP contribution in [0.5, 0.6) is 0 Å². The fourth-order valence-corrected chi connectivity index (χ4v) is 10.8.